The van der Waals surface area contributed by atoms with E-state index in [2.05, 4.69) is 18.2 Å². The molecule has 0 fully saturated rings. The minimum absolute atomic E-state index is 0.00764. The van der Waals surface area contributed by atoms with Crippen LogP contribution in [-0.4, -0.2) is 15.7 Å². The Bertz CT molecular complexity index is 1340. The van der Waals surface area contributed by atoms with Crippen molar-refractivity contribution in [1.82, 2.24) is 0 Å². The number of nitrogens with zero attached hydrogens (tertiary/aromatic N) is 2. The predicted molar refractivity (Wildman–Crippen MR) is 122 cm³/mol. The summed E-state index contributed by atoms with van der Waals surface area (Å²) in [6.45, 7) is -0.00764. The van der Waals surface area contributed by atoms with E-state index in [1.54, 1.807) is 12.1 Å². The molecule has 0 amide bonds. The highest BCUT2D eigenvalue weighted by molar-refractivity contribution is 6.26. The smallest absolute Gasteiger partial charge is 0.269 e. The van der Waals surface area contributed by atoms with Gasteiger partial charge in [-0.3, -0.25) is 10.1 Å². The zero-order valence-electron chi connectivity index (χ0n) is 16.5. The van der Waals surface area contributed by atoms with Gasteiger partial charge >= 0.3 is 0 Å². The largest absolute Gasteiger partial charge is 0.392 e. The third kappa shape index (κ3) is 3.31. The monoisotopic (exact) mass is 406 g/mol. The number of aliphatic imine (C=N–C) groups is 1. The molecule has 0 unspecified atom stereocenters. The second-order valence-electron chi connectivity index (χ2n) is 7.37. The summed E-state index contributed by atoms with van der Waals surface area (Å²) in [4.78, 5) is 15.4. The summed E-state index contributed by atoms with van der Waals surface area (Å²) >= 11 is 0. The summed E-state index contributed by atoms with van der Waals surface area (Å²) in [7, 11) is 0. The van der Waals surface area contributed by atoms with Crippen molar-refractivity contribution in [2.45, 2.75) is 6.61 Å². The first kappa shape index (κ1) is 18.9. The minimum atomic E-state index is -0.413. The van der Waals surface area contributed by atoms with Gasteiger partial charge < -0.3 is 5.11 Å². The molecule has 0 spiro atoms. The molecule has 1 N–H and O–H groups in total. The number of non-ortho nitro benzene ring substituents is 1. The number of rotatable bonds is 4. The molecule has 0 radical (unpaired) electrons. The summed E-state index contributed by atoms with van der Waals surface area (Å²) in [6, 6.07) is 28.5. The molecule has 1 aliphatic rings. The van der Waals surface area contributed by atoms with Crippen molar-refractivity contribution in [2.75, 3.05) is 0 Å². The lowest BCUT2D eigenvalue weighted by Crippen LogP contribution is -1.97. The van der Waals surface area contributed by atoms with Crippen molar-refractivity contribution >= 4 is 17.1 Å². The predicted octanol–water partition coefficient (Wildman–Crippen LogP) is 5.90. The van der Waals surface area contributed by atoms with Crippen LogP contribution in [0.5, 0.6) is 0 Å². The molecule has 31 heavy (non-hydrogen) atoms. The van der Waals surface area contributed by atoms with Crippen LogP contribution in [0.25, 0.3) is 22.3 Å². The fraction of sp³-hybridized carbons (Fsp3) is 0.0385. The van der Waals surface area contributed by atoms with E-state index in [4.69, 9.17) is 4.99 Å². The molecule has 4 aromatic carbocycles. The first-order valence-electron chi connectivity index (χ1n) is 9.92. The van der Waals surface area contributed by atoms with Crippen LogP contribution >= 0.6 is 0 Å². The van der Waals surface area contributed by atoms with Crippen LogP contribution in [0, 0.1) is 10.1 Å². The molecule has 0 saturated heterocycles. The summed E-state index contributed by atoms with van der Waals surface area (Å²) < 4.78 is 0. The Morgan fingerprint density at radius 3 is 2.19 bits per heavy atom. The lowest BCUT2D eigenvalue weighted by Gasteiger charge is -2.11. The Morgan fingerprint density at radius 1 is 0.774 bits per heavy atom. The van der Waals surface area contributed by atoms with Gasteiger partial charge in [-0.1, -0.05) is 60.7 Å². The van der Waals surface area contributed by atoms with Crippen molar-refractivity contribution in [3.05, 3.63) is 118 Å². The van der Waals surface area contributed by atoms with Gasteiger partial charge in [0.25, 0.3) is 5.69 Å². The van der Waals surface area contributed by atoms with Gasteiger partial charge in [0.2, 0.25) is 0 Å². The van der Waals surface area contributed by atoms with Gasteiger partial charge in [-0.05, 0) is 46.0 Å². The highest BCUT2D eigenvalue weighted by Crippen LogP contribution is 2.44. The van der Waals surface area contributed by atoms with E-state index in [0.717, 1.165) is 44.7 Å². The Labute approximate surface area is 179 Å². The molecule has 1 aliphatic carbocycles. The Hall–Kier alpha value is -4.09. The van der Waals surface area contributed by atoms with Gasteiger partial charge in [-0.2, -0.15) is 0 Å². The zero-order valence-corrected chi connectivity index (χ0v) is 16.5. The van der Waals surface area contributed by atoms with Gasteiger partial charge in [-0.25, -0.2) is 4.99 Å². The van der Waals surface area contributed by atoms with Gasteiger partial charge in [0.1, 0.15) is 0 Å². The summed E-state index contributed by atoms with van der Waals surface area (Å²) in [6.07, 6.45) is 0. The van der Waals surface area contributed by atoms with Crippen LogP contribution in [-0.2, 0) is 6.61 Å². The molecule has 0 atom stereocenters. The lowest BCUT2D eigenvalue weighted by molar-refractivity contribution is -0.384. The fourth-order valence-corrected chi connectivity index (χ4v) is 4.07. The van der Waals surface area contributed by atoms with Gasteiger partial charge in [-0.15, -0.1) is 0 Å². The SMILES string of the molecule is O=[N+]([O-])c1ccc(/N=C2\c3ccccc3-c3c2cccc3-c2cccc(CO)c2)cc1. The third-order valence-electron chi connectivity index (χ3n) is 5.49. The second kappa shape index (κ2) is 7.63. The fourth-order valence-electron chi connectivity index (χ4n) is 4.07. The molecule has 0 aliphatic heterocycles. The summed E-state index contributed by atoms with van der Waals surface area (Å²) in [5, 5.41) is 20.5. The maximum atomic E-state index is 11.0. The van der Waals surface area contributed by atoms with Crippen LogP contribution in [0.1, 0.15) is 16.7 Å². The molecule has 0 heterocycles. The second-order valence-corrected chi connectivity index (χ2v) is 7.37. The van der Waals surface area contributed by atoms with E-state index in [-0.39, 0.29) is 12.3 Å². The van der Waals surface area contributed by atoms with Crippen LogP contribution in [0.4, 0.5) is 11.4 Å². The minimum Gasteiger partial charge on any atom is -0.392 e. The first-order valence-corrected chi connectivity index (χ1v) is 9.92. The summed E-state index contributed by atoms with van der Waals surface area (Å²) in [5.41, 5.74) is 8.79. The molecular formula is C26H18N2O3. The number of hydrogen-bond donors (Lipinski definition) is 1. The molecule has 0 saturated carbocycles. The number of hydrogen-bond acceptors (Lipinski definition) is 4. The number of nitro groups is 1. The van der Waals surface area contributed by atoms with E-state index in [1.807, 2.05) is 48.5 Å². The Morgan fingerprint density at radius 2 is 1.45 bits per heavy atom. The molecule has 150 valence electrons. The van der Waals surface area contributed by atoms with Crippen LogP contribution in [0.3, 0.4) is 0 Å². The van der Waals surface area contributed by atoms with Crippen molar-refractivity contribution in [2.24, 2.45) is 4.99 Å². The zero-order chi connectivity index (χ0) is 21.4. The third-order valence-corrected chi connectivity index (χ3v) is 5.49. The van der Waals surface area contributed by atoms with Crippen molar-refractivity contribution in [3.63, 3.8) is 0 Å². The number of aliphatic hydroxyl groups excluding tert-OH is 1. The molecule has 5 nitrogen and oxygen atoms in total. The number of nitro benzene ring substituents is 1. The molecule has 0 aromatic heterocycles. The number of aliphatic hydroxyl groups is 1. The average Bonchev–Trinajstić information content (AvgIpc) is 3.13. The van der Waals surface area contributed by atoms with Crippen molar-refractivity contribution in [1.29, 1.82) is 0 Å². The van der Waals surface area contributed by atoms with Crippen LogP contribution in [0.2, 0.25) is 0 Å². The van der Waals surface area contributed by atoms with Crippen LogP contribution < -0.4 is 0 Å². The quantitative estimate of drug-likeness (QED) is 0.298. The van der Waals surface area contributed by atoms with Gasteiger partial charge in [0, 0.05) is 23.3 Å². The highest BCUT2D eigenvalue weighted by atomic mass is 16.6. The van der Waals surface area contributed by atoms with E-state index in [9.17, 15) is 15.2 Å². The summed E-state index contributed by atoms with van der Waals surface area (Å²) in [5.74, 6) is 0. The molecule has 0 bridgehead atoms. The molecule has 4 aromatic rings. The van der Waals surface area contributed by atoms with Crippen molar-refractivity contribution < 1.29 is 10.0 Å². The standard InChI is InChI=1S/C26H18N2O3/c29-16-17-5-3-6-18(15-17)21-9-4-10-24-25(21)22-7-1-2-8-23(22)26(24)27-19-11-13-20(14-12-19)28(30)31/h1-15,29H,16H2/b27-26+. The molecular weight excluding hydrogens is 388 g/mol. The normalized spacial score (nSPS) is 13.1. The van der Waals surface area contributed by atoms with Gasteiger partial charge in [0.05, 0.1) is 22.9 Å². The first-order chi connectivity index (χ1) is 15.2. The van der Waals surface area contributed by atoms with E-state index < -0.39 is 4.92 Å². The Kier molecular flexibility index (Phi) is 4.65. The van der Waals surface area contributed by atoms with E-state index in [0.29, 0.717) is 5.69 Å². The van der Waals surface area contributed by atoms with Crippen molar-refractivity contribution in [3.8, 4) is 22.3 Å². The average molecular weight is 406 g/mol. The number of benzene rings is 4. The Balaban J connectivity index is 1.70. The maximum absolute atomic E-state index is 11.0. The molecule has 5 heteroatoms. The van der Waals surface area contributed by atoms with E-state index in [1.165, 1.54) is 12.1 Å². The lowest BCUT2D eigenvalue weighted by atomic mass is 9.93. The maximum Gasteiger partial charge on any atom is 0.269 e. The van der Waals surface area contributed by atoms with E-state index >= 15 is 0 Å². The molecule has 5 rings (SSSR count). The topological polar surface area (TPSA) is 75.7 Å². The number of fused-ring (bicyclic) bond motifs is 3. The van der Waals surface area contributed by atoms with Crippen LogP contribution in [0.15, 0.2) is 96.0 Å². The van der Waals surface area contributed by atoms with Gasteiger partial charge in [0.15, 0.2) is 0 Å². The highest BCUT2D eigenvalue weighted by Gasteiger charge is 2.27.